The molecule has 6 nitrogen and oxygen atoms in total. The first-order chi connectivity index (χ1) is 17.5. The van der Waals surface area contributed by atoms with Crippen molar-refractivity contribution in [3.05, 3.63) is 47.5 Å². The van der Waals surface area contributed by atoms with Crippen LogP contribution < -0.4 is 5.32 Å². The van der Waals surface area contributed by atoms with Crippen LogP contribution in [0, 0.1) is 17.8 Å². The molecule has 0 atom stereocenters. The number of nitrogens with zero attached hydrogens (tertiary/aromatic N) is 3. The Kier molecular flexibility index (Phi) is 5.37. The van der Waals surface area contributed by atoms with Gasteiger partial charge >= 0.3 is 0 Å². The first kappa shape index (κ1) is 22.7. The van der Waals surface area contributed by atoms with Crippen molar-refractivity contribution < 1.29 is 9.59 Å². The molecule has 2 aromatic carbocycles. The van der Waals surface area contributed by atoms with E-state index in [0.717, 1.165) is 59.8 Å². The molecule has 0 spiro atoms. The first-order valence-electron chi connectivity index (χ1n) is 13.7. The molecular formula is C29H34N4O2S. The van der Waals surface area contributed by atoms with Crippen LogP contribution >= 0.6 is 12.2 Å². The van der Waals surface area contributed by atoms with E-state index in [1.807, 2.05) is 36.4 Å². The molecule has 2 aliphatic heterocycles. The Morgan fingerprint density at radius 1 is 0.833 bits per heavy atom. The second kappa shape index (κ2) is 8.52. The molecule has 6 aliphatic rings. The lowest BCUT2D eigenvalue weighted by molar-refractivity contribution is -0.0115. The topological polar surface area (TPSA) is 55.9 Å². The van der Waals surface area contributed by atoms with Gasteiger partial charge in [0.05, 0.1) is 0 Å². The van der Waals surface area contributed by atoms with Crippen LogP contribution in [0.1, 0.15) is 59.2 Å². The minimum absolute atomic E-state index is 0.177. The summed E-state index contributed by atoms with van der Waals surface area (Å²) in [6.45, 7) is 4.68. The molecule has 2 aromatic rings. The van der Waals surface area contributed by atoms with Crippen LogP contribution in [0.4, 0.5) is 0 Å². The maximum atomic E-state index is 13.2. The van der Waals surface area contributed by atoms with E-state index in [2.05, 4.69) is 15.1 Å². The smallest absolute Gasteiger partial charge is 0.261 e. The third-order valence-electron chi connectivity index (χ3n) is 9.57. The number of thiocarbonyl (C=S) groups is 1. The molecule has 1 N–H and O–H groups in total. The summed E-state index contributed by atoms with van der Waals surface area (Å²) < 4.78 is 0. The molecule has 4 aliphatic carbocycles. The van der Waals surface area contributed by atoms with Gasteiger partial charge in [0.25, 0.3) is 11.8 Å². The minimum Gasteiger partial charge on any atom is -0.357 e. The lowest BCUT2D eigenvalue weighted by Crippen LogP contribution is -2.63. The second-order valence-corrected chi connectivity index (χ2v) is 12.3. The average molecular weight is 503 g/mol. The van der Waals surface area contributed by atoms with Gasteiger partial charge in [0, 0.05) is 61.3 Å². The van der Waals surface area contributed by atoms with Gasteiger partial charge in [-0.05, 0) is 86.0 Å². The van der Waals surface area contributed by atoms with E-state index in [4.69, 9.17) is 12.2 Å². The highest BCUT2D eigenvalue weighted by atomic mass is 32.1. The van der Waals surface area contributed by atoms with Gasteiger partial charge in [-0.1, -0.05) is 24.3 Å². The molecule has 8 rings (SSSR count). The van der Waals surface area contributed by atoms with Gasteiger partial charge in [-0.15, -0.1) is 0 Å². The molecule has 1 saturated heterocycles. The van der Waals surface area contributed by atoms with Crippen LogP contribution in [-0.2, 0) is 0 Å². The summed E-state index contributed by atoms with van der Waals surface area (Å²) in [5, 5.41) is 6.53. The molecule has 5 fully saturated rings. The normalized spacial score (nSPS) is 31.4. The largest absolute Gasteiger partial charge is 0.357 e. The number of hydrogen-bond donors (Lipinski definition) is 1. The van der Waals surface area contributed by atoms with Crippen molar-refractivity contribution in [2.75, 3.05) is 39.3 Å². The van der Waals surface area contributed by atoms with Crippen molar-refractivity contribution in [2.24, 2.45) is 17.8 Å². The monoisotopic (exact) mass is 502 g/mol. The Morgan fingerprint density at radius 2 is 1.39 bits per heavy atom. The molecule has 36 heavy (non-hydrogen) atoms. The van der Waals surface area contributed by atoms with Crippen LogP contribution in [-0.4, -0.2) is 76.4 Å². The van der Waals surface area contributed by atoms with Crippen LogP contribution in [0.2, 0.25) is 0 Å². The van der Waals surface area contributed by atoms with E-state index in [1.165, 1.54) is 43.4 Å². The second-order valence-electron chi connectivity index (χ2n) is 11.9. The highest BCUT2D eigenvalue weighted by Crippen LogP contribution is 2.55. The number of nitrogens with one attached hydrogen (secondary N) is 1. The number of piperazine rings is 1. The molecule has 0 aromatic heterocycles. The standard InChI is InChI=1S/C29H34N4O2S/c34-26-23-5-1-3-22-4-2-6-24(25(22)23)27(35)33(26)12-9-31-7-10-32(11-8-31)28(36)30-29-16-19-13-20(17-29)15-21(14-19)18-29/h1-6,19-21H,7-18H2,(H,30,36). The van der Waals surface area contributed by atoms with Crippen molar-refractivity contribution in [1.29, 1.82) is 0 Å². The van der Waals surface area contributed by atoms with Gasteiger partial charge in [0.1, 0.15) is 0 Å². The zero-order valence-corrected chi connectivity index (χ0v) is 21.6. The van der Waals surface area contributed by atoms with E-state index < -0.39 is 0 Å². The SMILES string of the molecule is O=C1c2cccc3cccc(c23)C(=O)N1CCN1CCN(C(=S)NC23CC4CC(CC(C4)C2)C3)CC1. The average Bonchev–Trinajstić information content (AvgIpc) is 2.86. The molecule has 188 valence electrons. The fourth-order valence-corrected chi connectivity index (χ4v) is 8.67. The summed E-state index contributed by atoms with van der Waals surface area (Å²) >= 11 is 5.91. The Balaban J connectivity index is 0.952. The van der Waals surface area contributed by atoms with Gasteiger partial charge in [0.15, 0.2) is 5.11 Å². The van der Waals surface area contributed by atoms with Crippen molar-refractivity contribution >= 4 is 39.9 Å². The number of benzene rings is 2. The quantitative estimate of drug-likeness (QED) is 0.506. The Morgan fingerprint density at radius 3 is 1.94 bits per heavy atom. The molecule has 7 heteroatoms. The summed E-state index contributed by atoms with van der Waals surface area (Å²) in [6, 6.07) is 11.4. The van der Waals surface area contributed by atoms with E-state index in [-0.39, 0.29) is 17.4 Å². The summed E-state index contributed by atoms with van der Waals surface area (Å²) in [6.07, 6.45) is 8.22. The van der Waals surface area contributed by atoms with Crippen LogP contribution in [0.3, 0.4) is 0 Å². The molecular weight excluding hydrogens is 468 g/mol. The summed E-state index contributed by atoms with van der Waals surface area (Å²) in [7, 11) is 0. The predicted molar refractivity (Wildman–Crippen MR) is 144 cm³/mol. The van der Waals surface area contributed by atoms with Crippen molar-refractivity contribution in [3.63, 3.8) is 0 Å². The molecule has 2 heterocycles. The maximum Gasteiger partial charge on any atom is 0.261 e. The lowest BCUT2D eigenvalue weighted by atomic mass is 9.53. The van der Waals surface area contributed by atoms with Gasteiger partial charge in [0.2, 0.25) is 0 Å². The van der Waals surface area contributed by atoms with Crippen LogP contribution in [0.5, 0.6) is 0 Å². The number of hydrogen-bond acceptors (Lipinski definition) is 4. The Labute approximate surface area is 218 Å². The number of carbonyl (C=O) groups excluding carboxylic acids is 2. The minimum atomic E-state index is -0.177. The zero-order valence-electron chi connectivity index (χ0n) is 20.7. The lowest BCUT2D eigenvalue weighted by Gasteiger charge is -2.57. The van der Waals surface area contributed by atoms with Crippen molar-refractivity contribution in [2.45, 2.75) is 44.1 Å². The van der Waals surface area contributed by atoms with Gasteiger partial charge in [-0.25, -0.2) is 0 Å². The fraction of sp³-hybridized carbons (Fsp3) is 0.552. The summed E-state index contributed by atoms with van der Waals surface area (Å²) in [4.78, 5) is 32.5. The molecule has 0 radical (unpaired) electrons. The van der Waals surface area contributed by atoms with Gasteiger partial charge in [-0.3, -0.25) is 19.4 Å². The van der Waals surface area contributed by atoms with E-state index >= 15 is 0 Å². The number of carbonyl (C=O) groups is 2. The molecule has 4 bridgehead atoms. The number of amides is 2. The highest BCUT2D eigenvalue weighted by Gasteiger charge is 2.51. The highest BCUT2D eigenvalue weighted by molar-refractivity contribution is 7.80. The van der Waals surface area contributed by atoms with Gasteiger partial charge in [-0.2, -0.15) is 0 Å². The van der Waals surface area contributed by atoms with Crippen molar-refractivity contribution in [1.82, 2.24) is 20.0 Å². The summed E-state index contributed by atoms with van der Waals surface area (Å²) in [5.41, 5.74) is 1.51. The molecule has 2 amide bonds. The van der Waals surface area contributed by atoms with E-state index in [1.54, 1.807) is 0 Å². The third kappa shape index (κ3) is 3.74. The predicted octanol–water partition coefficient (Wildman–Crippen LogP) is 3.90. The molecule has 0 unspecified atom stereocenters. The van der Waals surface area contributed by atoms with Crippen LogP contribution in [0.15, 0.2) is 36.4 Å². The Bertz CT molecular complexity index is 1170. The summed E-state index contributed by atoms with van der Waals surface area (Å²) in [5.74, 6) is 2.36. The maximum absolute atomic E-state index is 13.2. The van der Waals surface area contributed by atoms with E-state index in [0.29, 0.717) is 24.2 Å². The molecule has 4 saturated carbocycles. The number of rotatable bonds is 4. The van der Waals surface area contributed by atoms with Crippen LogP contribution in [0.25, 0.3) is 10.8 Å². The Hall–Kier alpha value is -2.51. The number of imide groups is 1. The first-order valence-corrected chi connectivity index (χ1v) is 14.1. The fourth-order valence-electron chi connectivity index (χ4n) is 8.27. The zero-order chi connectivity index (χ0) is 24.4. The van der Waals surface area contributed by atoms with Gasteiger partial charge < -0.3 is 10.2 Å². The van der Waals surface area contributed by atoms with E-state index in [9.17, 15) is 9.59 Å². The van der Waals surface area contributed by atoms with Crippen molar-refractivity contribution in [3.8, 4) is 0 Å². The third-order valence-corrected chi connectivity index (χ3v) is 9.93.